The Morgan fingerprint density at radius 3 is 1.78 bits per heavy atom. The van der Waals surface area contributed by atoms with E-state index in [4.69, 9.17) is 28.8 Å². The molecule has 3 aliphatic heterocycles. The van der Waals surface area contributed by atoms with Crippen LogP contribution in [0.4, 0.5) is 0 Å². The Morgan fingerprint density at radius 1 is 0.594 bits per heavy atom. The second-order valence-corrected chi connectivity index (χ2v) is 7.88. The maximum absolute atomic E-state index is 10.4. The minimum atomic E-state index is -1.80. The van der Waals surface area contributed by atoms with E-state index >= 15 is 0 Å². The van der Waals surface area contributed by atoms with E-state index in [9.17, 15) is 46.0 Å². The van der Waals surface area contributed by atoms with Gasteiger partial charge < -0.3 is 74.7 Å². The molecule has 0 aromatic rings. The van der Waals surface area contributed by atoms with Crippen LogP contribution >= 0.6 is 0 Å². The standard InChI is InChI=1S/C17H30O15/c18-1-4-8(21)11(24)14(15(27)29-4)32-16-12(25)9(22)6(3-28-16)31-17-13(26)10(23)7(20)5(2-19)30-17/h4-27H,1-3H2/t4-,5-,6-,7-,8-,9+,10+,11+,12-,13+,14+,15+,16+,17-/m1/s1. The molecule has 0 radical (unpaired) electrons. The van der Waals surface area contributed by atoms with Gasteiger partial charge in [-0.25, -0.2) is 0 Å². The molecule has 0 spiro atoms. The van der Waals surface area contributed by atoms with E-state index in [0.29, 0.717) is 0 Å². The fourth-order valence-electron chi connectivity index (χ4n) is 3.73. The molecular weight excluding hydrogens is 444 g/mol. The number of aliphatic hydroxyl groups is 10. The van der Waals surface area contributed by atoms with Gasteiger partial charge in [-0.3, -0.25) is 0 Å². The first-order valence-electron chi connectivity index (χ1n) is 10.00. The quantitative estimate of drug-likeness (QED) is 0.172. The summed E-state index contributed by atoms with van der Waals surface area (Å²) < 4.78 is 26.1. The fourth-order valence-corrected chi connectivity index (χ4v) is 3.73. The van der Waals surface area contributed by atoms with Gasteiger partial charge in [-0.15, -0.1) is 0 Å². The van der Waals surface area contributed by atoms with Gasteiger partial charge in [-0.2, -0.15) is 0 Å². The minimum Gasteiger partial charge on any atom is -0.394 e. The minimum absolute atomic E-state index is 0.445. The average molecular weight is 474 g/mol. The van der Waals surface area contributed by atoms with Crippen molar-refractivity contribution < 1.29 is 74.7 Å². The third-order valence-corrected chi connectivity index (χ3v) is 5.73. The van der Waals surface area contributed by atoms with Crippen LogP contribution in [-0.2, 0) is 23.7 Å². The topological polar surface area (TPSA) is 248 Å². The molecule has 32 heavy (non-hydrogen) atoms. The summed E-state index contributed by atoms with van der Waals surface area (Å²) in [5, 5.41) is 98.7. The van der Waals surface area contributed by atoms with Gasteiger partial charge in [0.2, 0.25) is 0 Å². The molecule has 3 aliphatic rings. The first-order valence-corrected chi connectivity index (χ1v) is 10.00. The van der Waals surface area contributed by atoms with Crippen molar-refractivity contribution in [2.75, 3.05) is 19.8 Å². The van der Waals surface area contributed by atoms with E-state index in [0.717, 1.165) is 0 Å². The number of hydrogen-bond donors (Lipinski definition) is 10. The monoisotopic (exact) mass is 474 g/mol. The zero-order valence-electron chi connectivity index (χ0n) is 16.7. The van der Waals surface area contributed by atoms with Crippen LogP contribution in [0.5, 0.6) is 0 Å². The maximum Gasteiger partial charge on any atom is 0.187 e. The van der Waals surface area contributed by atoms with Gasteiger partial charge in [-0.1, -0.05) is 0 Å². The van der Waals surface area contributed by atoms with Crippen LogP contribution in [-0.4, -0.2) is 157 Å². The van der Waals surface area contributed by atoms with E-state index < -0.39 is 106 Å². The first kappa shape index (κ1) is 26.0. The molecule has 0 saturated carbocycles. The highest BCUT2D eigenvalue weighted by Crippen LogP contribution is 2.29. The smallest absolute Gasteiger partial charge is 0.187 e. The van der Waals surface area contributed by atoms with Crippen molar-refractivity contribution in [1.82, 2.24) is 0 Å². The highest BCUT2D eigenvalue weighted by Gasteiger charge is 2.50. The molecule has 15 heteroatoms. The molecule has 10 N–H and O–H groups in total. The lowest BCUT2D eigenvalue weighted by atomic mass is 9.98. The zero-order valence-corrected chi connectivity index (χ0v) is 16.7. The predicted octanol–water partition coefficient (Wildman–Crippen LogP) is -6.93. The van der Waals surface area contributed by atoms with Crippen molar-refractivity contribution in [2.45, 2.75) is 86.0 Å². The van der Waals surface area contributed by atoms with E-state index in [1.807, 2.05) is 0 Å². The Kier molecular flexibility index (Phi) is 8.75. The van der Waals surface area contributed by atoms with E-state index in [1.54, 1.807) is 0 Å². The first-order chi connectivity index (χ1) is 15.1. The summed E-state index contributed by atoms with van der Waals surface area (Å²) >= 11 is 0. The van der Waals surface area contributed by atoms with Crippen molar-refractivity contribution in [1.29, 1.82) is 0 Å². The second-order valence-electron chi connectivity index (χ2n) is 7.88. The summed E-state index contributed by atoms with van der Waals surface area (Å²) in [5.74, 6) is 0. The van der Waals surface area contributed by atoms with Crippen molar-refractivity contribution in [3.63, 3.8) is 0 Å². The lowest BCUT2D eigenvalue weighted by molar-refractivity contribution is -0.367. The number of rotatable bonds is 6. The molecule has 3 heterocycles. The van der Waals surface area contributed by atoms with Crippen molar-refractivity contribution in [2.24, 2.45) is 0 Å². The second kappa shape index (κ2) is 10.8. The summed E-state index contributed by atoms with van der Waals surface area (Å²) in [7, 11) is 0. The lowest BCUT2D eigenvalue weighted by Crippen LogP contribution is -2.64. The molecule has 0 amide bonds. The Morgan fingerprint density at radius 2 is 1.16 bits per heavy atom. The van der Waals surface area contributed by atoms with Crippen LogP contribution in [0.25, 0.3) is 0 Å². The highest BCUT2D eigenvalue weighted by molar-refractivity contribution is 4.93. The normalized spacial score (nSPS) is 52.7. The highest BCUT2D eigenvalue weighted by atomic mass is 16.7. The van der Waals surface area contributed by atoms with E-state index in [-0.39, 0.29) is 0 Å². The number of ether oxygens (including phenoxy) is 5. The fraction of sp³-hybridized carbons (Fsp3) is 1.00. The van der Waals surface area contributed by atoms with E-state index in [2.05, 4.69) is 0 Å². The van der Waals surface area contributed by atoms with Gasteiger partial charge in [0.15, 0.2) is 18.9 Å². The molecule has 0 bridgehead atoms. The summed E-state index contributed by atoms with van der Waals surface area (Å²) in [4.78, 5) is 0. The molecule has 0 aromatic carbocycles. The van der Waals surface area contributed by atoms with Gasteiger partial charge >= 0.3 is 0 Å². The Labute approximate surface area is 181 Å². The molecule has 3 saturated heterocycles. The molecule has 0 aromatic heterocycles. The van der Waals surface area contributed by atoms with E-state index in [1.165, 1.54) is 0 Å². The third kappa shape index (κ3) is 5.07. The number of hydrogen-bond acceptors (Lipinski definition) is 15. The predicted molar refractivity (Wildman–Crippen MR) is 95.2 cm³/mol. The molecule has 14 atom stereocenters. The Bertz CT molecular complexity index is 594. The molecule has 15 nitrogen and oxygen atoms in total. The summed E-state index contributed by atoms with van der Waals surface area (Å²) in [5.41, 5.74) is 0. The largest absolute Gasteiger partial charge is 0.394 e. The molecule has 0 aliphatic carbocycles. The Hall–Kier alpha value is -0.600. The molecule has 3 fully saturated rings. The van der Waals surface area contributed by atoms with Crippen molar-refractivity contribution in [3.8, 4) is 0 Å². The van der Waals surface area contributed by atoms with Gasteiger partial charge in [0.1, 0.15) is 67.1 Å². The summed E-state index contributed by atoms with van der Waals surface area (Å²) in [6.07, 6.45) is -22.3. The van der Waals surface area contributed by atoms with Crippen LogP contribution in [0.2, 0.25) is 0 Å². The maximum atomic E-state index is 10.4. The van der Waals surface area contributed by atoms with Crippen LogP contribution in [0, 0.1) is 0 Å². The van der Waals surface area contributed by atoms with Crippen LogP contribution in [0.1, 0.15) is 0 Å². The lowest BCUT2D eigenvalue weighted by Gasteiger charge is -2.45. The molecule has 188 valence electrons. The third-order valence-electron chi connectivity index (χ3n) is 5.73. The van der Waals surface area contributed by atoms with Crippen molar-refractivity contribution >= 4 is 0 Å². The Balaban J connectivity index is 1.60. The molecule has 0 unspecified atom stereocenters. The SMILES string of the molecule is OC[C@H]1O[C@H](O[C@@H]2CO[C@@H](O[C@H]3[C@@H](O)[C@H](O)[C@@H](CO)O[C@@H]3O)[C@H](O)[C@H]2O)[C@@H](O)[C@@H](O)[C@@H]1O. The van der Waals surface area contributed by atoms with Gasteiger partial charge in [0.25, 0.3) is 0 Å². The average Bonchev–Trinajstić information content (AvgIpc) is 2.78. The van der Waals surface area contributed by atoms with Gasteiger partial charge in [0, 0.05) is 0 Å². The number of aliphatic hydroxyl groups excluding tert-OH is 10. The molecule has 3 rings (SSSR count). The van der Waals surface area contributed by atoms with Crippen LogP contribution < -0.4 is 0 Å². The summed E-state index contributed by atoms with van der Waals surface area (Å²) in [6, 6.07) is 0. The van der Waals surface area contributed by atoms with Crippen molar-refractivity contribution in [3.05, 3.63) is 0 Å². The van der Waals surface area contributed by atoms with Gasteiger partial charge in [0.05, 0.1) is 19.8 Å². The van der Waals surface area contributed by atoms with Crippen LogP contribution in [0.15, 0.2) is 0 Å². The summed E-state index contributed by atoms with van der Waals surface area (Å²) in [6.45, 7) is -1.82. The zero-order chi connectivity index (χ0) is 23.7. The van der Waals surface area contributed by atoms with Gasteiger partial charge in [-0.05, 0) is 0 Å². The van der Waals surface area contributed by atoms with Crippen LogP contribution in [0.3, 0.4) is 0 Å². The molecular formula is C17H30O15.